The van der Waals surface area contributed by atoms with Gasteiger partial charge in [0, 0.05) is 38.8 Å². The number of carbonyl (C=O) groups excluding carboxylic acids is 1. The SMILES string of the molecule is Cc1cc(-c2cnc(N(C)C)nc2C2CCCCN2C(=O)C2CCC2)on1. The van der Waals surface area contributed by atoms with Gasteiger partial charge in [0.15, 0.2) is 5.76 Å². The van der Waals surface area contributed by atoms with Crippen LogP contribution in [-0.4, -0.2) is 46.6 Å². The van der Waals surface area contributed by atoms with E-state index in [1.165, 1.54) is 0 Å². The van der Waals surface area contributed by atoms with Crippen molar-refractivity contribution in [2.45, 2.75) is 51.5 Å². The molecular weight excluding hydrogens is 342 g/mol. The van der Waals surface area contributed by atoms with E-state index in [0.29, 0.717) is 11.7 Å². The quantitative estimate of drug-likeness (QED) is 0.823. The summed E-state index contributed by atoms with van der Waals surface area (Å²) in [6.07, 6.45) is 8.06. The lowest BCUT2D eigenvalue weighted by Crippen LogP contribution is -2.44. The molecule has 1 saturated heterocycles. The Hall–Kier alpha value is -2.44. The summed E-state index contributed by atoms with van der Waals surface area (Å²) in [6, 6.07) is 1.87. The Kier molecular flexibility index (Phi) is 4.85. The molecule has 1 aliphatic carbocycles. The second kappa shape index (κ2) is 7.29. The van der Waals surface area contributed by atoms with Gasteiger partial charge in [0.05, 0.1) is 23.0 Å². The van der Waals surface area contributed by atoms with Gasteiger partial charge in [0.1, 0.15) is 0 Å². The molecule has 1 saturated carbocycles. The van der Waals surface area contributed by atoms with Crippen LogP contribution in [0.5, 0.6) is 0 Å². The van der Waals surface area contributed by atoms with Crippen molar-refractivity contribution in [3.8, 4) is 11.3 Å². The highest BCUT2D eigenvalue weighted by Crippen LogP contribution is 2.39. The van der Waals surface area contributed by atoms with Crippen molar-refractivity contribution in [3.63, 3.8) is 0 Å². The minimum absolute atomic E-state index is 0.0334. The van der Waals surface area contributed by atoms with Crippen LogP contribution in [0.4, 0.5) is 5.95 Å². The van der Waals surface area contributed by atoms with Crippen molar-refractivity contribution in [1.82, 2.24) is 20.0 Å². The fourth-order valence-corrected chi connectivity index (χ4v) is 3.90. The van der Waals surface area contributed by atoms with E-state index in [1.54, 1.807) is 6.20 Å². The molecule has 1 unspecified atom stereocenters. The smallest absolute Gasteiger partial charge is 0.226 e. The average Bonchev–Trinajstić information content (AvgIpc) is 3.06. The van der Waals surface area contributed by atoms with E-state index >= 15 is 0 Å². The summed E-state index contributed by atoms with van der Waals surface area (Å²) < 4.78 is 5.51. The van der Waals surface area contributed by atoms with Crippen LogP contribution in [-0.2, 0) is 4.79 Å². The molecule has 1 amide bonds. The highest BCUT2D eigenvalue weighted by atomic mass is 16.5. The highest BCUT2D eigenvalue weighted by molar-refractivity contribution is 5.80. The molecule has 0 radical (unpaired) electrons. The number of carbonyl (C=O) groups is 1. The fraction of sp³-hybridized carbons (Fsp3) is 0.600. The normalized spacial score (nSPS) is 20.4. The Bertz CT molecular complexity index is 828. The van der Waals surface area contributed by atoms with E-state index in [4.69, 9.17) is 9.51 Å². The molecule has 0 bridgehead atoms. The Morgan fingerprint density at radius 1 is 1.22 bits per heavy atom. The van der Waals surface area contributed by atoms with Crippen molar-refractivity contribution in [1.29, 1.82) is 0 Å². The largest absolute Gasteiger partial charge is 0.356 e. The molecule has 3 heterocycles. The molecule has 2 fully saturated rings. The molecule has 1 aliphatic heterocycles. The summed E-state index contributed by atoms with van der Waals surface area (Å²) in [4.78, 5) is 26.3. The number of aromatic nitrogens is 3. The summed E-state index contributed by atoms with van der Waals surface area (Å²) in [6.45, 7) is 2.70. The zero-order valence-corrected chi connectivity index (χ0v) is 16.3. The molecular formula is C20H27N5O2. The van der Waals surface area contributed by atoms with Crippen LogP contribution in [0.2, 0.25) is 0 Å². The molecule has 7 heteroatoms. The fourth-order valence-electron chi connectivity index (χ4n) is 3.90. The third-order valence-electron chi connectivity index (χ3n) is 5.65. The number of piperidine rings is 1. The van der Waals surface area contributed by atoms with Crippen LogP contribution in [0.1, 0.15) is 56.0 Å². The maximum atomic E-state index is 13.1. The lowest BCUT2D eigenvalue weighted by molar-refractivity contribution is -0.142. The van der Waals surface area contributed by atoms with Gasteiger partial charge in [0.25, 0.3) is 0 Å². The number of amides is 1. The van der Waals surface area contributed by atoms with Crippen LogP contribution < -0.4 is 4.90 Å². The van der Waals surface area contributed by atoms with Gasteiger partial charge in [-0.3, -0.25) is 4.79 Å². The van der Waals surface area contributed by atoms with Gasteiger partial charge in [0.2, 0.25) is 11.9 Å². The lowest BCUT2D eigenvalue weighted by Gasteiger charge is -2.40. The molecule has 2 aromatic heterocycles. The number of likely N-dealkylation sites (tertiary alicyclic amines) is 1. The van der Waals surface area contributed by atoms with Crippen LogP contribution in [0, 0.1) is 12.8 Å². The number of nitrogens with zero attached hydrogens (tertiary/aromatic N) is 5. The summed E-state index contributed by atoms with van der Waals surface area (Å²) in [5.41, 5.74) is 2.52. The van der Waals surface area contributed by atoms with Crippen LogP contribution >= 0.6 is 0 Å². The first-order chi connectivity index (χ1) is 13.0. The number of rotatable bonds is 4. The maximum Gasteiger partial charge on any atom is 0.226 e. The van der Waals surface area contributed by atoms with Crippen LogP contribution in [0.3, 0.4) is 0 Å². The molecule has 0 spiro atoms. The Labute approximate surface area is 159 Å². The second-order valence-corrected chi connectivity index (χ2v) is 7.87. The maximum absolute atomic E-state index is 13.1. The van der Waals surface area contributed by atoms with Crippen molar-refractivity contribution in [3.05, 3.63) is 23.7 Å². The zero-order chi connectivity index (χ0) is 19.0. The van der Waals surface area contributed by atoms with Gasteiger partial charge in [-0.25, -0.2) is 9.97 Å². The predicted octanol–water partition coefficient (Wildman–Crippen LogP) is 3.36. The first kappa shape index (κ1) is 17.9. The van der Waals surface area contributed by atoms with E-state index < -0.39 is 0 Å². The number of hydrogen-bond acceptors (Lipinski definition) is 6. The molecule has 27 heavy (non-hydrogen) atoms. The van der Waals surface area contributed by atoms with E-state index in [0.717, 1.165) is 62.0 Å². The third kappa shape index (κ3) is 3.42. The van der Waals surface area contributed by atoms with Crippen LogP contribution in [0.15, 0.2) is 16.8 Å². The van der Waals surface area contributed by atoms with E-state index in [2.05, 4.69) is 15.0 Å². The average molecular weight is 369 g/mol. The first-order valence-electron chi connectivity index (χ1n) is 9.83. The van der Waals surface area contributed by atoms with Gasteiger partial charge in [-0.1, -0.05) is 11.6 Å². The Morgan fingerprint density at radius 2 is 2.04 bits per heavy atom. The predicted molar refractivity (Wildman–Crippen MR) is 102 cm³/mol. The molecule has 1 atom stereocenters. The Morgan fingerprint density at radius 3 is 2.67 bits per heavy atom. The summed E-state index contributed by atoms with van der Waals surface area (Å²) in [5, 5.41) is 4.02. The molecule has 2 aromatic rings. The number of anilines is 1. The minimum atomic E-state index is -0.0334. The monoisotopic (exact) mass is 369 g/mol. The van der Waals surface area contributed by atoms with Gasteiger partial charge < -0.3 is 14.3 Å². The molecule has 2 aliphatic rings. The first-order valence-corrected chi connectivity index (χ1v) is 9.83. The number of aryl methyl sites for hydroxylation is 1. The van der Waals surface area contributed by atoms with Crippen LogP contribution in [0.25, 0.3) is 11.3 Å². The minimum Gasteiger partial charge on any atom is -0.356 e. The molecule has 0 aromatic carbocycles. The van der Waals surface area contributed by atoms with Crippen molar-refractivity contribution < 1.29 is 9.32 Å². The van der Waals surface area contributed by atoms with E-state index in [9.17, 15) is 4.79 Å². The van der Waals surface area contributed by atoms with E-state index in [1.807, 2.05) is 32.0 Å². The molecule has 4 rings (SSSR count). The summed E-state index contributed by atoms with van der Waals surface area (Å²) in [7, 11) is 3.85. The summed E-state index contributed by atoms with van der Waals surface area (Å²) >= 11 is 0. The van der Waals surface area contributed by atoms with Crippen molar-refractivity contribution >= 4 is 11.9 Å². The van der Waals surface area contributed by atoms with E-state index in [-0.39, 0.29) is 17.9 Å². The molecule has 7 nitrogen and oxygen atoms in total. The van der Waals surface area contributed by atoms with Gasteiger partial charge in [-0.15, -0.1) is 0 Å². The second-order valence-electron chi connectivity index (χ2n) is 7.87. The van der Waals surface area contributed by atoms with Gasteiger partial charge in [-0.05, 0) is 39.0 Å². The van der Waals surface area contributed by atoms with Gasteiger partial charge in [-0.2, -0.15) is 0 Å². The van der Waals surface area contributed by atoms with Crippen molar-refractivity contribution in [2.24, 2.45) is 5.92 Å². The third-order valence-corrected chi connectivity index (χ3v) is 5.65. The van der Waals surface area contributed by atoms with Crippen molar-refractivity contribution in [2.75, 3.05) is 25.5 Å². The number of hydrogen-bond donors (Lipinski definition) is 0. The Balaban J connectivity index is 1.76. The summed E-state index contributed by atoms with van der Waals surface area (Å²) in [5.74, 6) is 1.79. The standard InChI is InChI=1S/C20H27N5O2/c1-13-11-17(27-23-13)15-12-21-20(24(2)3)22-18(15)16-9-4-5-10-25(16)19(26)14-7-6-8-14/h11-12,14,16H,4-10H2,1-3H3. The lowest BCUT2D eigenvalue weighted by atomic mass is 9.83. The molecule has 0 N–H and O–H groups in total. The highest BCUT2D eigenvalue weighted by Gasteiger charge is 2.37. The topological polar surface area (TPSA) is 75.4 Å². The van der Waals surface area contributed by atoms with Gasteiger partial charge >= 0.3 is 0 Å². The molecule has 144 valence electrons. The zero-order valence-electron chi connectivity index (χ0n) is 16.3.